The number of fused-ring (bicyclic) bond motifs is 1. The number of alkyl halides is 1. The van der Waals surface area contributed by atoms with Crippen LogP contribution < -0.4 is 15.4 Å². The zero-order valence-electron chi connectivity index (χ0n) is 14.7. The number of rotatable bonds is 5. The van der Waals surface area contributed by atoms with Crippen LogP contribution in [0.15, 0.2) is 36.8 Å². The van der Waals surface area contributed by atoms with Crippen molar-refractivity contribution in [2.45, 2.75) is 32.2 Å². The van der Waals surface area contributed by atoms with Crippen molar-refractivity contribution < 1.29 is 9.13 Å². The molecule has 1 saturated heterocycles. The average Bonchev–Trinajstić information content (AvgIpc) is 3.21. The SMILES string of the molecule is CC(C)Oc1cn2c(-c3cccc(N[C@H]4CNC[C@@H]4F)n3)cnc2cn1. The molecule has 2 N–H and O–H groups in total. The van der Waals surface area contributed by atoms with Crippen LogP contribution >= 0.6 is 0 Å². The smallest absolute Gasteiger partial charge is 0.230 e. The highest BCUT2D eigenvalue weighted by Gasteiger charge is 2.26. The maximum atomic E-state index is 13.8. The van der Waals surface area contributed by atoms with Gasteiger partial charge >= 0.3 is 0 Å². The maximum absolute atomic E-state index is 13.8. The van der Waals surface area contributed by atoms with Crippen LogP contribution in [0.5, 0.6) is 5.88 Å². The first-order valence-electron chi connectivity index (χ1n) is 8.68. The number of anilines is 1. The Hall–Kier alpha value is -2.74. The quantitative estimate of drug-likeness (QED) is 0.731. The Balaban J connectivity index is 1.65. The van der Waals surface area contributed by atoms with E-state index in [0.717, 1.165) is 11.4 Å². The van der Waals surface area contributed by atoms with Crippen molar-refractivity contribution in [1.82, 2.24) is 24.7 Å². The highest BCUT2D eigenvalue weighted by atomic mass is 19.1. The molecule has 0 saturated carbocycles. The van der Waals surface area contributed by atoms with Gasteiger partial charge in [0, 0.05) is 13.1 Å². The minimum atomic E-state index is -0.918. The fraction of sp³-hybridized carbons (Fsp3) is 0.389. The van der Waals surface area contributed by atoms with Gasteiger partial charge in [0.15, 0.2) is 5.65 Å². The van der Waals surface area contributed by atoms with E-state index >= 15 is 0 Å². The third-order valence-electron chi connectivity index (χ3n) is 4.21. The van der Waals surface area contributed by atoms with Crippen LogP contribution in [0, 0.1) is 0 Å². The predicted molar refractivity (Wildman–Crippen MR) is 97.2 cm³/mol. The number of hydrogen-bond donors (Lipinski definition) is 2. The number of hydrogen-bond acceptors (Lipinski definition) is 6. The van der Waals surface area contributed by atoms with Crippen molar-refractivity contribution >= 4 is 11.5 Å². The largest absolute Gasteiger partial charge is 0.474 e. The highest BCUT2D eigenvalue weighted by molar-refractivity contribution is 5.61. The summed E-state index contributed by atoms with van der Waals surface area (Å²) in [5, 5.41) is 6.19. The fourth-order valence-corrected chi connectivity index (χ4v) is 3.00. The number of aromatic nitrogens is 4. The van der Waals surface area contributed by atoms with Crippen LogP contribution in [0.2, 0.25) is 0 Å². The number of nitrogens with one attached hydrogen (secondary N) is 2. The lowest BCUT2D eigenvalue weighted by Gasteiger charge is -2.15. The average molecular weight is 356 g/mol. The first-order chi connectivity index (χ1) is 12.6. The van der Waals surface area contributed by atoms with E-state index in [-0.39, 0.29) is 12.1 Å². The van der Waals surface area contributed by atoms with Crippen molar-refractivity contribution in [3.8, 4) is 17.3 Å². The third kappa shape index (κ3) is 3.32. The first kappa shape index (κ1) is 16.7. The van der Waals surface area contributed by atoms with Crippen molar-refractivity contribution in [3.05, 3.63) is 36.8 Å². The van der Waals surface area contributed by atoms with Crippen molar-refractivity contribution in [2.24, 2.45) is 0 Å². The standard InChI is InChI=1S/C18H21FN6O/c1-11(2)26-18-10-25-15(8-21-17(25)9-22-18)13-4-3-5-16(23-13)24-14-7-20-6-12(14)19/h3-5,8-12,14,20H,6-7H2,1-2H3,(H,23,24)/t12-,14-/m0/s1. The molecule has 136 valence electrons. The van der Waals surface area contributed by atoms with Gasteiger partial charge in [0.25, 0.3) is 0 Å². The second kappa shape index (κ2) is 6.87. The molecular formula is C18H21FN6O. The molecule has 0 aliphatic carbocycles. The highest BCUT2D eigenvalue weighted by Crippen LogP contribution is 2.23. The Labute approximate surface area is 150 Å². The summed E-state index contributed by atoms with van der Waals surface area (Å²) in [5.74, 6) is 1.17. The van der Waals surface area contributed by atoms with Gasteiger partial charge in [0.1, 0.15) is 12.0 Å². The Morgan fingerprint density at radius 2 is 2.15 bits per heavy atom. The number of pyridine rings is 1. The number of imidazole rings is 1. The van der Waals surface area contributed by atoms with E-state index in [0.29, 0.717) is 30.4 Å². The van der Waals surface area contributed by atoms with E-state index < -0.39 is 6.17 Å². The summed E-state index contributed by atoms with van der Waals surface area (Å²) in [6.07, 6.45) is 4.33. The van der Waals surface area contributed by atoms with E-state index in [1.807, 2.05) is 36.4 Å². The molecule has 3 aromatic heterocycles. The molecule has 0 amide bonds. The molecule has 1 fully saturated rings. The molecule has 8 heteroatoms. The molecule has 7 nitrogen and oxygen atoms in total. The summed E-state index contributed by atoms with van der Waals surface area (Å²) < 4.78 is 21.4. The van der Waals surface area contributed by atoms with Crippen molar-refractivity contribution in [2.75, 3.05) is 18.4 Å². The minimum Gasteiger partial charge on any atom is -0.474 e. The molecule has 0 spiro atoms. The van der Waals surface area contributed by atoms with Gasteiger partial charge in [-0.25, -0.2) is 19.3 Å². The van der Waals surface area contributed by atoms with Gasteiger partial charge < -0.3 is 15.4 Å². The summed E-state index contributed by atoms with van der Waals surface area (Å²) in [6.45, 7) is 4.86. The Morgan fingerprint density at radius 1 is 1.27 bits per heavy atom. The van der Waals surface area contributed by atoms with Gasteiger partial charge in [-0.15, -0.1) is 0 Å². The molecule has 4 heterocycles. The zero-order chi connectivity index (χ0) is 18.1. The molecule has 3 aromatic rings. The topological polar surface area (TPSA) is 76.4 Å². The van der Waals surface area contributed by atoms with Gasteiger partial charge in [-0.05, 0) is 26.0 Å². The number of halogens is 1. The van der Waals surface area contributed by atoms with E-state index in [4.69, 9.17) is 4.74 Å². The van der Waals surface area contributed by atoms with Gasteiger partial charge in [0.2, 0.25) is 5.88 Å². The molecular weight excluding hydrogens is 335 g/mol. The lowest BCUT2D eigenvalue weighted by atomic mass is 10.2. The second-order valence-corrected chi connectivity index (χ2v) is 6.60. The molecule has 4 rings (SSSR count). The molecule has 1 aliphatic rings. The Kier molecular flexibility index (Phi) is 4.42. The number of ether oxygens (including phenoxy) is 1. The first-order valence-corrected chi connectivity index (χ1v) is 8.68. The molecule has 0 aromatic carbocycles. The Morgan fingerprint density at radius 3 is 2.92 bits per heavy atom. The summed E-state index contributed by atoms with van der Waals surface area (Å²) in [5.41, 5.74) is 2.27. The molecule has 0 unspecified atom stereocenters. The summed E-state index contributed by atoms with van der Waals surface area (Å²) in [6, 6.07) is 5.37. The molecule has 26 heavy (non-hydrogen) atoms. The van der Waals surface area contributed by atoms with Crippen LogP contribution in [0.4, 0.5) is 10.2 Å². The third-order valence-corrected chi connectivity index (χ3v) is 4.21. The molecule has 0 bridgehead atoms. The molecule has 2 atom stereocenters. The minimum absolute atomic E-state index is 0.0336. The maximum Gasteiger partial charge on any atom is 0.230 e. The van der Waals surface area contributed by atoms with E-state index in [9.17, 15) is 4.39 Å². The van der Waals surface area contributed by atoms with Crippen LogP contribution in [-0.4, -0.2) is 50.8 Å². The van der Waals surface area contributed by atoms with Crippen molar-refractivity contribution in [1.29, 1.82) is 0 Å². The van der Waals surface area contributed by atoms with Gasteiger partial charge in [0.05, 0.1) is 42.1 Å². The monoisotopic (exact) mass is 356 g/mol. The predicted octanol–water partition coefficient (Wildman–Crippen LogP) is 2.30. The lowest BCUT2D eigenvalue weighted by Crippen LogP contribution is -2.29. The molecule has 0 radical (unpaired) electrons. The summed E-state index contributed by atoms with van der Waals surface area (Å²) >= 11 is 0. The van der Waals surface area contributed by atoms with Gasteiger partial charge in [-0.1, -0.05) is 6.07 Å². The fourth-order valence-electron chi connectivity index (χ4n) is 3.00. The van der Waals surface area contributed by atoms with Gasteiger partial charge in [-0.3, -0.25) is 4.40 Å². The van der Waals surface area contributed by atoms with E-state index in [1.165, 1.54) is 0 Å². The van der Waals surface area contributed by atoms with E-state index in [2.05, 4.69) is 25.6 Å². The normalized spacial score (nSPS) is 20.0. The summed E-state index contributed by atoms with van der Waals surface area (Å²) in [4.78, 5) is 13.3. The Bertz CT molecular complexity index is 912. The lowest BCUT2D eigenvalue weighted by molar-refractivity contribution is 0.231. The van der Waals surface area contributed by atoms with Crippen LogP contribution in [-0.2, 0) is 0 Å². The summed E-state index contributed by atoms with van der Waals surface area (Å²) in [7, 11) is 0. The van der Waals surface area contributed by atoms with Crippen molar-refractivity contribution in [3.63, 3.8) is 0 Å². The van der Waals surface area contributed by atoms with Crippen LogP contribution in [0.3, 0.4) is 0 Å². The van der Waals surface area contributed by atoms with E-state index in [1.54, 1.807) is 18.6 Å². The second-order valence-electron chi connectivity index (χ2n) is 6.60. The zero-order valence-corrected chi connectivity index (χ0v) is 14.7. The number of nitrogens with zero attached hydrogens (tertiary/aromatic N) is 4. The van der Waals surface area contributed by atoms with Gasteiger partial charge in [-0.2, -0.15) is 0 Å². The van der Waals surface area contributed by atoms with Crippen LogP contribution in [0.1, 0.15) is 13.8 Å². The van der Waals surface area contributed by atoms with Crippen LogP contribution in [0.25, 0.3) is 17.0 Å². The molecule has 1 aliphatic heterocycles.